The molecule has 2 amide bonds. The van der Waals surface area contributed by atoms with E-state index < -0.39 is 11.4 Å². The molecule has 0 aliphatic heterocycles. The van der Waals surface area contributed by atoms with Crippen LogP contribution in [0.1, 0.15) is 67.7 Å². The second-order valence-corrected chi connectivity index (χ2v) is 10.4. The third-order valence-corrected chi connectivity index (χ3v) is 4.28. The number of carbonyl (C=O) groups excluding carboxylic acids is 2. The zero-order valence-electron chi connectivity index (χ0n) is 19.9. The molecule has 8 nitrogen and oxygen atoms in total. The molecular formula is C22H42N2O6. The summed E-state index contributed by atoms with van der Waals surface area (Å²) in [5, 5.41) is 14.2. The Morgan fingerprint density at radius 2 is 1.40 bits per heavy atom. The minimum absolute atomic E-state index is 0.0187. The molecule has 0 aromatic heterocycles. The Hall–Kier alpha value is -1.67. The number of aliphatic carboxylic acids is 1. The molecule has 0 saturated carbocycles. The zero-order valence-corrected chi connectivity index (χ0v) is 19.9. The molecule has 0 bridgehead atoms. The van der Waals surface area contributed by atoms with Crippen LogP contribution in [0.2, 0.25) is 0 Å². The summed E-state index contributed by atoms with van der Waals surface area (Å²) in [6, 6.07) is 0. The summed E-state index contributed by atoms with van der Waals surface area (Å²) in [6.45, 7) is 16.1. The molecule has 0 radical (unpaired) electrons. The van der Waals surface area contributed by atoms with Gasteiger partial charge in [0.15, 0.2) is 0 Å². The molecule has 30 heavy (non-hydrogen) atoms. The van der Waals surface area contributed by atoms with E-state index >= 15 is 0 Å². The topological polar surface area (TPSA) is 114 Å². The molecule has 0 spiro atoms. The fourth-order valence-corrected chi connectivity index (χ4v) is 3.30. The van der Waals surface area contributed by atoms with Gasteiger partial charge in [0, 0.05) is 24.9 Å². The summed E-state index contributed by atoms with van der Waals surface area (Å²) >= 11 is 0. The predicted molar refractivity (Wildman–Crippen MR) is 116 cm³/mol. The van der Waals surface area contributed by atoms with Crippen molar-refractivity contribution in [3.63, 3.8) is 0 Å². The Morgan fingerprint density at radius 1 is 0.833 bits per heavy atom. The largest absolute Gasteiger partial charge is 0.481 e. The van der Waals surface area contributed by atoms with E-state index in [2.05, 4.69) is 31.4 Å². The summed E-state index contributed by atoms with van der Waals surface area (Å²) < 4.78 is 10.8. The molecule has 0 unspecified atom stereocenters. The SMILES string of the molecule is CC(C)(C)CC(C)(C)C(=O)NCCOCC(C)(C)CC(=O)NCCOCCC(=O)O. The van der Waals surface area contributed by atoms with Crippen molar-refractivity contribution >= 4 is 17.8 Å². The van der Waals surface area contributed by atoms with Gasteiger partial charge in [0.05, 0.1) is 32.8 Å². The average molecular weight is 431 g/mol. The molecule has 176 valence electrons. The smallest absolute Gasteiger partial charge is 0.305 e. The molecule has 0 aromatic rings. The van der Waals surface area contributed by atoms with E-state index in [9.17, 15) is 14.4 Å². The van der Waals surface area contributed by atoms with Crippen molar-refractivity contribution in [1.82, 2.24) is 10.6 Å². The van der Waals surface area contributed by atoms with Crippen LogP contribution in [-0.2, 0) is 23.9 Å². The summed E-state index contributed by atoms with van der Waals surface area (Å²) in [7, 11) is 0. The number of carbonyl (C=O) groups is 3. The lowest BCUT2D eigenvalue weighted by atomic mass is 9.76. The average Bonchev–Trinajstić information content (AvgIpc) is 2.54. The Labute approximate surface area is 181 Å². The Morgan fingerprint density at radius 3 is 1.97 bits per heavy atom. The molecule has 3 N–H and O–H groups in total. The first-order valence-corrected chi connectivity index (χ1v) is 10.6. The van der Waals surface area contributed by atoms with Crippen molar-refractivity contribution in [1.29, 1.82) is 0 Å². The Bertz CT molecular complexity index is 552. The van der Waals surface area contributed by atoms with Gasteiger partial charge < -0.3 is 25.2 Å². The maximum Gasteiger partial charge on any atom is 0.305 e. The molecular weight excluding hydrogens is 388 g/mol. The van der Waals surface area contributed by atoms with E-state index in [-0.39, 0.29) is 42.3 Å². The van der Waals surface area contributed by atoms with Crippen LogP contribution in [0.4, 0.5) is 0 Å². The molecule has 0 fully saturated rings. The minimum Gasteiger partial charge on any atom is -0.481 e. The van der Waals surface area contributed by atoms with Crippen LogP contribution in [0.15, 0.2) is 0 Å². The second-order valence-electron chi connectivity index (χ2n) is 10.4. The van der Waals surface area contributed by atoms with E-state index in [1.807, 2.05) is 27.7 Å². The third kappa shape index (κ3) is 15.2. The van der Waals surface area contributed by atoms with E-state index in [0.29, 0.717) is 32.7 Å². The van der Waals surface area contributed by atoms with Crippen molar-refractivity contribution in [2.75, 3.05) is 39.5 Å². The van der Waals surface area contributed by atoms with Crippen LogP contribution in [0.5, 0.6) is 0 Å². The fourth-order valence-electron chi connectivity index (χ4n) is 3.30. The normalized spacial score (nSPS) is 12.5. The van der Waals surface area contributed by atoms with E-state index in [1.165, 1.54) is 0 Å². The highest BCUT2D eigenvalue weighted by atomic mass is 16.5. The van der Waals surface area contributed by atoms with Crippen molar-refractivity contribution in [2.45, 2.75) is 67.7 Å². The van der Waals surface area contributed by atoms with Gasteiger partial charge in [-0.25, -0.2) is 0 Å². The van der Waals surface area contributed by atoms with Crippen molar-refractivity contribution in [3.8, 4) is 0 Å². The molecule has 0 aromatic carbocycles. The zero-order chi connectivity index (χ0) is 23.4. The maximum absolute atomic E-state index is 12.4. The van der Waals surface area contributed by atoms with Crippen LogP contribution >= 0.6 is 0 Å². The number of rotatable bonds is 15. The molecule has 0 saturated heterocycles. The van der Waals surface area contributed by atoms with Crippen molar-refractivity contribution < 1.29 is 29.0 Å². The molecule has 0 rings (SSSR count). The van der Waals surface area contributed by atoms with Crippen LogP contribution in [-0.4, -0.2) is 62.4 Å². The quantitative estimate of drug-likeness (QED) is 0.344. The summed E-state index contributed by atoms with van der Waals surface area (Å²) in [4.78, 5) is 34.8. The standard InChI is InChI=1S/C22H42N2O6/c1-20(2,3)15-22(6,7)19(28)24-10-13-30-16-21(4,5)14-17(25)23-9-12-29-11-8-18(26)27/h8-16H2,1-7H3,(H,23,25)(H,24,28)(H,26,27). The first-order chi connectivity index (χ1) is 13.6. The van der Waals surface area contributed by atoms with Gasteiger partial charge >= 0.3 is 5.97 Å². The van der Waals surface area contributed by atoms with Crippen LogP contribution in [0.25, 0.3) is 0 Å². The molecule has 0 aliphatic carbocycles. The highest BCUT2D eigenvalue weighted by Crippen LogP contribution is 2.33. The molecule has 0 atom stereocenters. The summed E-state index contributed by atoms with van der Waals surface area (Å²) in [5.41, 5.74) is -0.705. The highest BCUT2D eigenvalue weighted by molar-refractivity contribution is 5.81. The van der Waals surface area contributed by atoms with Crippen LogP contribution in [0.3, 0.4) is 0 Å². The van der Waals surface area contributed by atoms with Gasteiger partial charge in [-0.3, -0.25) is 14.4 Å². The van der Waals surface area contributed by atoms with Crippen LogP contribution in [0, 0.1) is 16.2 Å². The number of carboxylic acid groups (broad SMARTS) is 1. The van der Waals surface area contributed by atoms with Gasteiger partial charge in [-0.2, -0.15) is 0 Å². The number of ether oxygens (including phenoxy) is 2. The van der Waals surface area contributed by atoms with Gasteiger partial charge in [-0.1, -0.05) is 48.5 Å². The van der Waals surface area contributed by atoms with Gasteiger partial charge in [-0.05, 0) is 17.3 Å². The lowest BCUT2D eigenvalue weighted by Gasteiger charge is -2.31. The molecule has 8 heteroatoms. The maximum atomic E-state index is 12.4. The second kappa shape index (κ2) is 12.9. The monoisotopic (exact) mass is 430 g/mol. The molecule has 0 heterocycles. The summed E-state index contributed by atoms with van der Waals surface area (Å²) in [6.07, 6.45) is 1.04. The first-order valence-electron chi connectivity index (χ1n) is 10.6. The minimum atomic E-state index is -0.908. The summed E-state index contributed by atoms with van der Waals surface area (Å²) in [5.74, 6) is -0.998. The first kappa shape index (κ1) is 28.3. The highest BCUT2D eigenvalue weighted by Gasteiger charge is 2.32. The third-order valence-electron chi connectivity index (χ3n) is 4.28. The van der Waals surface area contributed by atoms with Crippen molar-refractivity contribution in [2.24, 2.45) is 16.2 Å². The van der Waals surface area contributed by atoms with E-state index in [1.54, 1.807) is 0 Å². The fraction of sp³-hybridized carbons (Fsp3) is 0.864. The number of amides is 2. The molecule has 0 aliphatic rings. The number of carboxylic acids is 1. The van der Waals surface area contributed by atoms with Gasteiger partial charge in [0.25, 0.3) is 0 Å². The van der Waals surface area contributed by atoms with E-state index in [0.717, 1.165) is 6.42 Å². The van der Waals surface area contributed by atoms with Gasteiger partial charge in [0.1, 0.15) is 0 Å². The van der Waals surface area contributed by atoms with E-state index in [4.69, 9.17) is 14.6 Å². The van der Waals surface area contributed by atoms with Gasteiger partial charge in [0.2, 0.25) is 11.8 Å². The Balaban J connectivity index is 3.99. The van der Waals surface area contributed by atoms with Crippen molar-refractivity contribution in [3.05, 3.63) is 0 Å². The van der Waals surface area contributed by atoms with Crippen LogP contribution < -0.4 is 10.6 Å². The number of hydrogen-bond donors (Lipinski definition) is 3. The number of nitrogens with one attached hydrogen (secondary N) is 2. The van der Waals surface area contributed by atoms with Gasteiger partial charge in [-0.15, -0.1) is 0 Å². The Kier molecular flexibility index (Phi) is 12.2. The predicted octanol–water partition coefficient (Wildman–Crippen LogP) is 2.61. The lowest BCUT2D eigenvalue weighted by molar-refractivity contribution is -0.138. The number of hydrogen-bond acceptors (Lipinski definition) is 5. The lowest BCUT2D eigenvalue weighted by Crippen LogP contribution is -2.41.